The van der Waals surface area contributed by atoms with Gasteiger partial charge in [0.1, 0.15) is 11.8 Å². The molecule has 2 saturated heterocycles. The molecule has 2 aliphatic heterocycles. The number of H-pyrrole nitrogens is 1. The second-order valence-electron chi connectivity index (χ2n) is 9.82. The van der Waals surface area contributed by atoms with E-state index in [0.29, 0.717) is 43.2 Å². The van der Waals surface area contributed by atoms with Crippen LogP contribution in [0.25, 0.3) is 21.8 Å². The van der Waals surface area contributed by atoms with Crippen LogP contribution in [0.4, 0.5) is 5.69 Å². The number of piperidine rings is 1. The molecule has 10 heteroatoms. The van der Waals surface area contributed by atoms with E-state index in [0.717, 1.165) is 21.8 Å². The Morgan fingerprint density at radius 2 is 2.03 bits per heavy atom. The van der Waals surface area contributed by atoms with Crippen LogP contribution >= 0.6 is 11.6 Å². The molecule has 5 rings (SSSR count). The summed E-state index contributed by atoms with van der Waals surface area (Å²) in [4.78, 5) is 49.1. The summed E-state index contributed by atoms with van der Waals surface area (Å²) >= 11 is 6.39. The summed E-state index contributed by atoms with van der Waals surface area (Å²) in [5, 5.41) is 5.35. The minimum absolute atomic E-state index is 0.0822. The fourth-order valence-corrected chi connectivity index (χ4v) is 5.09. The van der Waals surface area contributed by atoms with E-state index in [-0.39, 0.29) is 30.7 Å². The number of hydrogen-bond acceptors (Lipinski definition) is 6. The number of anilines is 1. The van der Waals surface area contributed by atoms with Gasteiger partial charge in [-0.2, -0.15) is 0 Å². The third-order valence-corrected chi connectivity index (χ3v) is 6.92. The number of nitrogens with one attached hydrogen (secondary N) is 2. The number of rotatable bonds is 4. The van der Waals surface area contributed by atoms with Crippen molar-refractivity contribution in [2.24, 2.45) is 0 Å². The van der Waals surface area contributed by atoms with Gasteiger partial charge in [0.25, 0.3) is 0 Å². The van der Waals surface area contributed by atoms with E-state index in [2.05, 4.69) is 15.3 Å². The van der Waals surface area contributed by atoms with Crippen molar-refractivity contribution in [3.05, 3.63) is 35.6 Å². The highest BCUT2D eigenvalue weighted by Crippen LogP contribution is 2.33. The van der Waals surface area contributed by atoms with Gasteiger partial charge in [-0.25, -0.2) is 0 Å². The van der Waals surface area contributed by atoms with Gasteiger partial charge in [-0.3, -0.25) is 24.3 Å². The number of aromatic nitrogens is 2. The van der Waals surface area contributed by atoms with Crippen molar-refractivity contribution in [2.75, 3.05) is 38.1 Å². The van der Waals surface area contributed by atoms with E-state index in [4.69, 9.17) is 16.3 Å². The number of fused-ring (bicyclic) bond motifs is 3. The zero-order valence-corrected chi connectivity index (χ0v) is 20.5. The summed E-state index contributed by atoms with van der Waals surface area (Å²) in [6.07, 6.45) is 4.21. The number of Topliss-reactive ketones (excluding diaryl/α,β-unsaturated/α-hetero) is 1. The Labute approximate surface area is 207 Å². The molecule has 2 aliphatic rings. The molecule has 3 aromatic rings. The summed E-state index contributed by atoms with van der Waals surface area (Å²) < 4.78 is 5.95. The predicted octanol–water partition coefficient (Wildman–Crippen LogP) is 2.98. The lowest BCUT2D eigenvalue weighted by molar-refractivity contribution is -0.150. The summed E-state index contributed by atoms with van der Waals surface area (Å²) in [6.45, 7) is 5.41. The van der Waals surface area contributed by atoms with Gasteiger partial charge in [0, 0.05) is 54.5 Å². The first-order valence-corrected chi connectivity index (χ1v) is 12.1. The first kappa shape index (κ1) is 23.7. The van der Waals surface area contributed by atoms with E-state index < -0.39 is 11.6 Å². The minimum Gasteiger partial charge on any atom is -0.372 e. The molecule has 0 aliphatic carbocycles. The van der Waals surface area contributed by atoms with Gasteiger partial charge in [0.2, 0.25) is 11.8 Å². The van der Waals surface area contributed by atoms with Crippen LogP contribution in [0.3, 0.4) is 0 Å². The monoisotopic (exact) mass is 497 g/mol. The zero-order chi connectivity index (χ0) is 24.7. The largest absolute Gasteiger partial charge is 0.372 e. The van der Waals surface area contributed by atoms with Crippen LogP contribution < -0.4 is 5.32 Å². The number of hydrogen-bond donors (Lipinski definition) is 2. The number of nitrogens with zero attached hydrogens (tertiary/aromatic N) is 3. The fourth-order valence-electron chi connectivity index (χ4n) is 4.87. The number of likely N-dealkylation sites (tertiary alicyclic amines) is 1. The van der Waals surface area contributed by atoms with Crippen LogP contribution in [0.15, 0.2) is 30.6 Å². The first-order chi connectivity index (χ1) is 16.7. The van der Waals surface area contributed by atoms with Crippen LogP contribution in [-0.2, 0) is 19.1 Å². The minimum atomic E-state index is -0.654. The molecule has 1 aromatic carbocycles. The highest BCUT2D eigenvalue weighted by molar-refractivity contribution is 6.33. The van der Waals surface area contributed by atoms with E-state index in [9.17, 15) is 14.4 Å². The Hall–Kier alpha value is -3.01. The maximum Gasteiger partial charge on any atom is 0.244 e. The third-order valence-electron chi connectivity index (χ3n) is 6.70. The summed E-state index contributed by atoms with van der Waals surface area (Å²) in [6, 6.07) is 4.80. The Bertz CT molecular complexity index is 1310. The number of ether oxygens (including phenoxy) is 1. The van der Waals surface area contributed by atoms with Crippen molar-refractivity contribution in [3.8, 4) is 0 Å². The Morgan fingerprint density at radius 1 is 1.26 bits per heavy atom. The maximum absolute atomic E-state index is 13.5. The number of ketones is 1. The zero-order valence-electron chi connectivity index (χ0n) is 19.8. The van der Waals surface area contributed by atoms with Gasteiger partial charge in [0.15, 0.2) is 0 Å². The molecule has 1 atom stereocenters. The topological polar surface area (TPSA) is 108 Å². The molecule has 2 amide bonds. The first-order valence-electron chi connectivity index (χ1n) is 11.7. The summed E-state index contributed by atoms with van der Waals surface area (Å²) in [7, 11) is 0. The summed E-state index contributed by atoms with van der Waals surface area (Å²) in [5.74, 6) is -0.178. The SMILES string of the molecule is CC1(C)CN(CC(=O)N2CCC(=O)CC2)C(C(=O)Nc2cc(Cl)cc3c2[nH]c2cnccc23)CO1. The van der Waals surface area contributed by atoms with Gasteiger partial charge in [-0.1, -0.05) is 11.6 Å². The van der Waals surface area contributed by atoms with Crippen molar-refractivity contribution < 1.29 is 19.1 Å². The van der Waals surface area contributed by atoms with Crippen LogP contribution in [0, 0.1) is 0 Å². The third kappa shape index (κ3) is 4.89. The number of morpholine rings is 1. The average Bonchev–Trinajstić information content (AvgIpc) is 3.18. The van der Waals surface area contributed by atoms with Crippen molar-refractivity contribution >= 4 is 56.7 Å². The highest BCUT2D eigenvalue weighted by Gasteiger charge is 2.39. The lowest BCUT2D eigenvalue weighted by Crippen LogP contribution is -2.60. The molecule has 184 valence electrons. The fraction of sp³-hybridized carbons (Fsp3) is 0.440. The number of carbonyl (C=O) groups is 3. The molecule has 0 spiro atoms. The molecule has 0 saturated carbocycles. The highest BCUT2D eigenvalue weighted by atomic mass is 35.5. The predicted molar refractivity (Wildman–Crippen MR) is 133 cm³/mol. The molecule has 1 unspecified atom stereocenters. The molecule has 2 N–H and O–H groups in total. The molecular formula is C25H28ClN5O4. The average molecular weight is 498 g/mol. The van der Waals surface area contributed by atoms with E-state index in [1.54, 1.807) is 23.4 Å². The number of halogens is 1. The second kappa shape index (κ2) is 9.22. The quantitative estimate of drug-likeness (QED) is 0.573. The van der Waals surface area contributed by atoms with Gasteiger partial charge < -0.3 is 19.9 Å². The number of pyridine rings is 1. The number of carbonyl (C=O) groups excluding carboxylic acids is 3. The van der Waals surface area contributed by atoms with Crippen LogP contribution in [0.2, 0.25) is 5.02 Å². The van der Waals surface area contributed by atoms with Crippen molar-refractivity contribution in [3.63, 3.8) is 0 Å². The molecule has 4 heterocycles. The van der Waals surface area contributed by atoms with Gasteiger partial charge in [0.05, 0.1) is 41.7 Å². The van der Waals surface area contributed by atoms with E-state index in [1.165, 1.54) is 0 Å². The van der Waals surface area contributed by atoms with E-state index >= 15 is 0 Å². The standard InChI is InChI=1S/C25H28ClN5O4/c1-25(2)14-31(12-22(33)30-7-4-16(32)5-8-30)21(13-35-25)24(34)29-19-10-15(26)9-18-17-3-6-27-11-20(17)28-23(18)19/h3,6,9-11,21,28H,4-5,7-8,12-14H2,1-2H3,(H,29,34). The summed E-state index contributed by atoms with van der Waals surface area (Å²) in [5.41, 5.74) is 1.65. The Kier molecular flexibility index (Phi) is 6.25. The van der Waals surface area contributed by atoms with Crippen molar-refractivity contribution in [1.29, 1.82) is 0 Å². The molecule has 35 heavy (non-hydrogen) atoms. The maximum atomic E-state index is 13.5. The molecule has 0 bridgehead atoms. The Morgan fingerprint density at radius 3 is 2.80 bits per heavy atom. The Balaban J connectivity index is 1.38. The number of aromatic amines is 1. The lowest BCUT2D eigenvalue weighted by atomic mass is 10.0. The smallest absolute Gasteiger partial charge is 0.244 e. The van der Waals surface area contributed by atoms with Crippen molar-refractivity contribution in [2.45, 2.75) is 38.3 Å². The van der Waals surface area contributed by atoms with Gasteiger partial charge in [-0.15, -0.1) is 0 Å². The van der Waals surface area contributed by atoms with Crippen molar-refractivity contribution in [1.82, 2.24) is 19.8 Å². The molecule has 9 nitrogen and oxygen atoms in total. The van der Waals surface area contributed by atoms with Crippen LogP contribution in [0.1, 0.15) is 26.7 Å². The molecule has 0 radical (unpaired) electrons. The van der Waals surface area contributed by atoms with Gasteiger partial charge >= 0.3 is 0 Å². The van der Waals surface area contributed by atoms with Crippen LogP contribution in [0.5, 0.6) is 0 Å². The van der Waals surface area contributed by atoms with Gasteiger partial charge in [-0.05, 0) is 32.0 Å². The number of benzene rings is 1. The number of amides is 2. The molecule has 2 aromatic heterocycles. The lowest BCUT2D eigenvalue weighted by Gasteiger charge is -2.43. The normalized spacial score (nSPS) is 20.9. The van der Waals surface area contributed by atoms with Crippen LogP contribution in [-0.4, -0.2) is 81.8 Å². The molecular weight excluding hydrogens is 470 g/mol. The van der Waals surface area contributed by atoms with E-state index in [1.807, 2.05) is 30.9 Å². The second-order valence-corrected chi connectivity index (χ2v) is 10.3. The molecule has 2 fully saturated rings.